The van der Waals surface area contributed by atoms with Gasteiger partial charge in [-0.3, -0.25) is 9.36 Å². The van der Waals surface area contributed by atoms with Gasteiger partial charge in [0.1, 0.15) is 5.82 Å². The first-order valence-electron chi connectivity index (χ1n) is 5.19. The van der Waals surface area contributed by atoms with Crippen LogP contribution in [0.15, 0.2) is 10.9 Å². The van der Waals surface area contributed by atoms with Gasteiger partial charge in [0, 0.05) is 23.6 Å². The van der Waals surface area contributed by atoms with E-state index in [-0.39, 0.29) is 5.56 Å². The van der Waals surface area contributed by atoms with Gasteiger partial charge < -0.3 is 0 Å². The monoisotopic (exact) mass is 272 g/mol. The fraction of sp³-hybridized carbons (Fsp3) is 0.636. The zero-order valence-corrected chi connectivity index (χ0v) is 11.0. The number of aromatic nitrogens is 2. The molecular formula is C11H17BrN2O. The van der Waals surface area contributed by atoms with E-state index in [1.807, 2.05) is 13.8 Å². The summed E-state index contributed by atoms with van der Waals surface area (Å²) in [4.78, 5) is 16.0. The van der Waals surface area contributed by atoms with Gasteiger partial charge in [-0.25, -0.2) is 4.98 Å². The van der Waals surface area contributed by atoms with Crippen LogP contribution in [-0.2, 0) is 6.54 Å². The SMILES string of the molecule is CCC(CBr)Cn1c(C)nc(C)cc1=O. The Morgan fingerprint density at radius 2 is 2.20 bits per heavy atom. The lowest BCUT2D eigenvalue weighted by Crippen LogP contribution is -2.27. The molecule has 0 bridgehead atoms. The molecule has 0 fully saturated rings. The zero-order valence-electron chi connectivity index (χ0n) is 9.46. The lowest BCUT2D eigenvalue weighted by molar-refractivity contribution is 0.456. The second kappa shape index (κ2) is 5.45. The molecule has 0 aliphatic rings. The summed E-state index contributed by atoms with van der Waals surface area (Å²) in [6, 6.07) is 1.59. The normalized spacial score (nSPS) is 12.8. The summed E-state index contributed by atoms with van der Waals surface area (Å²) in [7, 11) is 0. The highest BCUT2D eigenvalue weighted by Gasteiger charge is 2.09. The molecule has 0 aromatic carbocycles. The van der Waals surface area contributed by atoms with E-state index < -0.39 is 0 Å². The summed E-state index contributed by atoms with van der Waals surface area (Å²) in [5.74, 6) is 1.30. The van der Waals surface area contributed by atoms with Gasteiger partial charge in [0.05, 0.1) is 0 Å². The number of rotatable bonds is 4. The van der Waals surface area contributed by atoms with Crippen molar-refractivity contribution in [1.82, 2.24) is 9.55 Å². The Hall–Kier alpha value is -0.640. The summed E-state index contributed by atoms with van der Waals surface area (Å²) in [5.41, 5.74) is 0.847. The third-order valence-corrected chi connectivity index (χ3v) is 3.48. The van der Waals surface area contributed by atoms with Crippen LogP contribution >= 0.6 is 15.9 Å². The number of hydrogen-bond acceptors (Lipinski definition) is 2. The van der Waals surface area contributed by atoms with Gasteiger partial charge in [-0.1, -0.05) is 29.3 Å². The molecular weight excluding hydrogens is 256 g/mol. The molecule has 0 N–H and O–H groups in total. The molecule has 1 rings (SSSR count). The molecule has 1 aromatic rings. The van der Waals surface area contributed by atoms with Gasteiger partial charge >= 0.3 is 0 Å². The quantitative estimate of drug-likeness (QED) is 0.789. The summed E-state index contributed by atoms with van der Waals surface area (Å²) in [6.07, 6.45) is 1.06. The van der Waals surface area contributed by atoms with Crippen LogP contribution in [0.25, 0.3) is 0 Å². The number of halogens is 1. The molecule has 3 nitrogen and oxygen atoms in total. The van der Waals surface area contributed by atoms with Crippen molar-refractivity contribution in [2.75, 3.05) is 5.33 Å². The molecule has 84 valence electrons. The van der Waals surface area contributed by atoms with E-state index in [9.17, 15) is 4.79 Å². The first-order chi connectivity index (χ1) is 7.08. The summed E-state index contributed by atoms with van der Waals surface area (Å²) < 4.78 is 1.75. The summed E-state index contributed by atoms with van der Waals surface area (Å²) >= 11 is 3.46. The van der Waals surface area contributed by atoms with Crippen molar-refractivity contribution >= 4 is 15.9 Å². The van der Waals surface area contributed by atoms with Gasteiger partial charge in [0.15, 0.2) is 0 Å². The minimum atomic E-state index is 0.0550. The molecule has 1 atom stereocenters. The lowest BCUT2D eigenvalue weighted by atomic mass is 10.1. The van der Waals surface area contributed by atoms with E-state index in [0.29, 0.717) is 5.92 Å². The van der Waals surface area contributed by atoms with Gasteiger partial charge in [0.25, 0.3) is 5.56 Å². The topological polar surface area (TPSA) is 34.9 Å². The van der Waals surface area contributed by atoms with Crippen molar-refractivity contribution in [3.8, 4) is 0 Å². The van der Waals surface area contributed by atoms with Gasteiger partial charge in [-0.05, 0) is 19.8 Å². The molecule has 0 saturated carbocycles. The second-order valence-corrected chi connectivity index (χ2v) is 4.47. The van der Waals surface area contributed by atoms with E-state index in [1.54, 1.807) is 10.6 Å². The largest absolute Gasteiger partial charge is 0.297 e. The Labute approximate surface area is 98.7 Å². The maximum absolute atomic E-state index is 11.7. The Bertz CT molecular complexity index is 383. The van der Waals surface area contributed by atoms with Crippen molar-refractivity contribution in [2.24, 2.45) is 5.92 Å². The highest BCUT2D eigenvalue weighted by Crippen LogP contribution is 2.09. The number of nitrogens with zero attached hydrogens (tertiary/aromatic N) is 2. The highest BCUT2D eigenvalue weighted by atomic mass is 79.9. The molecule has 0 aliphatic carbocycles. The van der Waals surface area contributed by atoms with Crippen LogP contribution in [-0.4, -0.2) is 14.9 Å². The van der Waals surface area contributed by atoms with Crippen LogP contribution in [0.5, 0.6) is 0 Å². The average molecular weight is 273 g/mol. The maximum atomic E-state index is 11.7. The Morgan fingerprint density at radius 1 is 1.53 bits per heavy atom. The third kappa shape index (κ3) is 3.16. The number of alkyl halides is 1. The van der Waals surface area contributed by atoms with Crippen molar-refractivity contribution in [2.45, 2.75) is 33.7 Å². The fourth-order valence-corrected chi connectivity index (χ4v) is 2.19. The molecule has 0 spiro atoms. The summed E-state index contributed by atoms with van der Waals surface area (Å²) in [6.45, 7) is 6.61. The Balaban J connectivity index is 2.99. The fourth-order valence-electron chi connectivity index (χ4n) is 1.53. The van der Waals surface area contributed by atoms with Crippen LogP contribution in [0.2, 0.25) is 0 Å². The summed E-state index contributed by atoms with van der Waals surface area (Å²) in [5, 5.41) is 0.920. The molecule has 1 heterocycles. The van der Waals surface area contributed by atoms with Crippen molar-refractivity contribution < 1.29 is 0 Å². The van der Waals surface area contributed by atoms with Gasteiger partial charge in [-0.15, -0.1) is 0 Å². The van der Waals surface area contributed by atoms with E-state index in [0.717, 1.165) is 29.8 Å². The van der Waals surface area contributed by atoms with Gasteiger partial charge in [0.2, 0.25) is 0 Å². The molecule has 4 heteroatoms. The van der Waals surface area contributed by atoms with Crippen LogP contribution in [0.4, 0.5) is 0 Å². The van der Waals surface area contributed by atoms with Gasteiger partial charge in [-0.2, -0.15) is 0 Å². The van der Waals surface area contributed by atoms with Crippen molar-refractivity contribution in [3.05, 3.63) is 27.9 Å². The molecule has 0 amide bonds. The predicted octanol–water partition coefficient (Wildman–Crippen LogP) is 2.28. The van der Waals surface area contributed by atoms with Crippen LogP contribution in [0, 0.1) is 19.8 Å². The van der Waals surface area contributed by atoms with E-state index >= 15 is 0 Å². The van der Waals surface area contributed by atoms with E-state index in [4.69, 9.17) is 0 Å². The molecule has 15 heavy (non-hydrogen) atoms. The van der Waals surface area contributed by atoms with Crippen LogP contribution < -0.4 is 5.56 Å². The molecule has 0 saturated heterocycles. The highest BCUT2D eigenvalue weighted by molar-refractivity contribution is 9.09. The minimum Gasteiger partial charge on any atom is -0.297 e. The molecule has 1 aromatic heterocycles. The number of hydrogen-bond donors (Lipinski definition) is 0. The zero-order chi connectivity index (χ0) is 11.4. The molecule has 0 radical (unpaired) electrons. The standard InChI is InChI=1S/C11H17BrN2O/c1-4-10(6-12)7-14-9(3)13-8(2)5-11(14)15/h5,10H,4,6-7H2,1-3H3. The maximum Gasteiger partial charge on any atom is 0.253 e. The van der Waals surface area contributed by atoms with E-state index in [2.05, 4.69) is 27.8 Å². The Morgan fingerprint density at radius 3 is 2.67 bits per heavy atom. The predicted molar refractivity (Wildman–Crippen MR) is 65.5 cm³/mol. The second-order valence-electron chi connectivity index (χ2n) is 3.82. The molecule has 1 unspecified atom stereocenters. The van der Waals surface area contributed by atoms with Crippen molar-refractivity contribution in [3.63, 3.8) is 0 Å². The first kappa shape index (κ1) is 12.4. The minimum absolute atomic E-state index is 0.0550. The van der Waals surface area contributed by atoms with Crippen LogP contribution in [0.3, 0.4) is 0 Å². The third-order valence-electron chi connectivity index (χ3n) is 2.56. The molecule has 0 aliphatic heterocycles. The van der Waals surface area contributed by atoms with Crippen LogP contribution in [0.1, 0.15) is 24.9 Å². The average Bonchev–Trinajstić information content (AvgIpc) is 2.17. The van der Waals surface area contributed by atoms with E-state index in [1.165, 1.54) is 0 Å². The number of aryl methyl sites for hydroxylation is 2. The van der Waals surface area contributed by atoms with Crippen molar-refractivity contribution in [1.29, 1.82) is 0 Å². The first-order valence-corrected chi connectivity index (χ1v) is 6.31. The smallest absolute Gasteiger partial charge is 0.253 e. The Kier molecular flexibility index (Phi) is 4.51. The lowest BCUT2D eigenvalue weighted by Gasteiger charge is -2.15.